The van der Waals surface area contributed by atoms with Crippen molar-refractivity contribution >= 4 is 11.9 Å². The number of hydrogen-bond donors (Lipinski definition) is 2. The van der Waals surface area contributed by atoms with Crippen LogP contribution in [-0.2, 0) is 25.5 Å². The van der Waals surface area contributed by atoms with Crippen LogP contribution in [0, 0.1) is 0 Å². The van der Waals surface area contributed by atoms with Gasteiger partial charge in [-0.3, -0.25) is 0 Å². The molecule has 0 atom stereocenters. The van der Waals surface area contributed by atoms with Crippen molar-refractivity contribution in [2.45, 2.75) is 0 Å². The second kappa shape index (κ2) is 7.08. The SMILES string of the molecule is O=C(O)c1ccccc1[O][Hg][O]c1ccccc1C(=O)O. The van der Waals surface area contributed by atoms with Gasteiger partial charge in [0.05, 0.1) is 0 Å². The number of carboxylic acids is 2. The molecular weight excluding hydrogens is 465 g/mol. The Kier molecular flexibility index (Phi) is 5.16. The molecule has 6 nitrogen and oxygen atoms in total. The number of carbonyl (C=O) groups is 2. The number of benzene rings is 2. The molecule has 0 unspecified atom stereocenters. The maximum atomic E-state index is 11.0. The molecule has 0 saturated carbocycles. The summed E-state index contributed by atoms with van der Waals surface area (Å²) in [4.78, 5) is 22.0. The molecule has 104 valence electrons. The first kappa shape index (κ1) is 15.3. The summed E-state index contributed by atoms with van der Waals surface area (Å²) in [6.45, 7) is 0. The van der Waals surface area contributed by atoms with Crippen LogP contribution in [0.4, 0.5) is 0 Å². The fourth-order valence-electron chi connectivity index (χ4n) is 1.69. The third kappa shape index (κ3) is 3.95. The van der Waals surface area contributed by atoms with Gasteiger partial charge >= 0.3 is 134 Å². The molecule has 2 N–H and O–H groups in total. The molecule has 0 aliphatic heterocycles. The Hall–Kier alpha value is -2.08. The monoisotopic (exact) mass is 476 g/mol. The van der Waals surface area contributed by atoms with E-state index >= 15 is 0 Å². The molecule has 2 aromatic carbocycles. The molecule has 0 radical (unpaired) electrons. The summed E-state index contributed by atoms with van der Waals surface area (Å²) < 4.78 is 10.9. The summed E-state index contributed by atoms with van der Waals surface area (Å²) in [7, 11) is 0. The third-order valence-corrected chi connectivity index (χ3v) is 6.00. The average molecular weight is 475 g/mol. The van der Waals surface area contributed by atoms with E-state index in [9.17, 15) is 9.59 Å². The molecule has 2 rings (SSSR count). The predicted octanol–water partition coefficient (Wildman–Crippen LogP) is 2.45. The Morgan fingerprint density at radius 1 is 0.762 bits per heavy atom. The normalized spacial score (nSPS) is 9.52. The van der Waals surface area contributed by atoms with Gasteiger partial charge in [-0.25, -0.2) is 0 Å². The summed E-state index contributed by atoms with van der Waals surface area (Å²) in [6.07, 6.45) is 0. The van der Waals surface area contributed by atoms with Crippen LogP contribution in [0.25, 0.3) is 0 Å². The van der Waals surface area contributed by atoms with Crippen molar-refractivity contribution in [2.75, 3.05) is 0 Å². The van der Waals surface area contributed by atoms with Crippen LogP contribution in [0.3, 0.4) is 0 Å². The first-order valence-electron chi connectivity index (χ1n) is 6.00. The van der Waals surface area contributed by atoms with E-state index in [1.165, 1.54) is 12.1 Å². The molecule has 0 aliphatic carbocycles. The van der Waals surface area contributed by atoms with Gasteiger partial charge < -0.3 is 0 Å². The van der Waals surface area contributed by atoms with E-state index < -0.39 is 37.4 Å². The van der Waals surface area contributed by atoms with E-state index in [0.717, 1.165) is 0 Å². The molecule has 0 aliphatic rings. The van der Waals surface area contributed by atoms with Crippen molar-refractivity contribution in [3.05, 3.63) is 59.7 Å². The van der Waals surface area contributed by atoms with E-state index in [2.05, 4.69) is 0 Å². The molecular formula is C14H10HgO6. The summed E-state index contributed by atoms with van der Waals surface area (Å²) in [6, 6.07) is 12.5. The molecule has 0 amide bonds. The van der Waals surface area contributed by atoms with E-state index in [-0.39, 0.29) is 22.6 Å². The van der Waals surface area contributed by atoms with Gasteiger partial charge in [-0.1, -0.05) is 0 Å². The van der Waals surface area contributed by atoms with E-state index in [4.69, 9.17) is 15.5 Å². The first-order chi connectivity index (χ1) is 10.1. The van der Waals surface area contributed by atoms with Gasteiger partial charge in [0.15, 0.2) is 0 Å². The summed E-state index contributed by atoms with van der Waals surface area (Å²) in [5.41, 5.74) is 0.125. The minimum absolute atomic E-state index is 0.0626. The molecule has 21 heavy (non-hydrogen) atoms. The van der Waals surface area contributed by atoms with Crippen LogP contribution in [-0.4, -0.2) is 22.2 Å². The minimum atomic E-state index is -2.41. The zero-order valence-corrected chi connectivity index (χ0v) is 16.4. The van der Waals surface area contributed by atoms with Crippen molar-refractivity contribution in [1.29, 1.82) is 0 Å². The quantitative estimate of drug-likeness (QED) is 0.625. The zero-order valence-electron chi connectivity index (χ0n) is 10.9. The summed E-state index contributed by atoms with van der Waals surface area (Å²) in [5.74, 6) is -1.66. The molecule has 0 heterocycles. The van der Waals surface area contributed by atoms with Crippen LogP contribution in [0.5, 0.6) is 11.5 Å². The van der Waals surface area contributed by atoms with Gasteiger partial charge in [0.2, 0.25) is 0 Å². The van der Waals surface area contributed by atoms with Gasteiger partial charge in [-0.2, -0.15) is 0 Å². The van der Waals surface area contributed by atoms with Crippen molar-refractivity contribution in [3.63, 3.8) is 0 Å². The van der Waals surface area contributed by atoms with Crippen LogP contribution < -0.4 is 5.29 Å². The molecule has 7 heteroatoms. The average Bonchev–Trinajstić information content (AvgIpc) is 2.48. The predicted molar refractivity (Wildman–Crippen MR) is 68.1 cm³/mol. The van der Waals surface area contributed by atoms with E-state index in [1.54, 1.807) is 36.4 Å². The Morgan fingerprint density at radius 3 is 1.52 bits per heavy atom. The van der Waals surface area contributed by atoms with Crippen molar-refractivity contribution < 1.29 is 50.6 Å². The molecule has 0 fully saturated rings. The van der Waals surface area contributed by atoms with Crippen LogP contribution in [0.1, 0.15) is 20.7 Å². The van der Waals surface area contributed by atoms with Gasteiger partial charge in [0.1, 0.15) is 0 Å². The summed E-state index contributed by atoms with van der Waals surface area (Å²) in [5, 5.41) is 18.1. The van der Waals surface area contributed by atoms with Crippen molar-refractivity contribution in [2.24, 2.45) is 0 Å². The van der Waals surface area contributed by atoms with Gasteiger partial charge in [-0.15, -0.1) is 0 Å². The molecule has 0 saturated heterocycles. The topological polar surface area (TPSA) is 93.1 Å². The number of hydrogen-bond acceptors (Lipinski definition) is 4. The summed E-state index contributed by atoms with van der Waals surface area (Å²) >= 11 is -2.41. The molecule has 0 aromatic heterocycles. The number of aromatic carboxylic acids is 2. The van der Waals surface area contributed by atoms with Crippen molar-refractivity contribution in [1.82, 2.24) is 0 Å². The Morgan fingerprint density at radius 2 is 1.14 bits per heavy atom. The molecule has 0 spiro atoms. The van der Waals surface area contributed by atoms with Crippen LogP contribution in [0.2, 0.25) is 0 Å². The standard InChI is InChI=1S/2C7H6O3.Hg/c2*8-6-4-2-1-3-5(6)7(9)10;/h2*1-4,8H,(H,9,10);/q;;+2/p-2. The number of carboxylic acid groups (broad SMARTS) is 2. The zero-order chi connectivity index (χ0) is 15.2. The van der Waals surface area contributed by atoms with Gasteiger partial charge in [0, 0.05) is 0 Å². The van der Waals surface area contributed by atoms with Crippen LogP contribution >= 0.6 is 0 Å². The fourth-order valence-corrected chi connectivity index (χ4v) is 4.87. The third-order valence-electron chi connectivity index (χ3n) is 2.66. The second-order valence-electron chi connectivity index (χ2n) is 4.01. The Bertz CT molecular complexity index is 613. The molecule has 2 aromatic rings. The van der Waals surface area contributed by atoms with Gasteiger partial charge in [-0.05, 0) is 0 Å². The molecule has 0 bridgehead atoms. The van der Waals surface area contributed by atoms with Gasteiger partial charge in [0.25, 0.3) is 0 Å². The van der Waals surface area contributed by atoms with Crippen LogP contribution in [0.15, 0.2) is 48.5 Å². The van der Waals surface area contributed by atoms with E-state index in [1.807, 2.05) is 0 Å². The number of rotatable bonds is 6. The number of para-hydroxylation sites is 2. The maximum absolute atomic E-state index is 11.0. The Labute approximate surface area is 133 Å². The Balaban J connectivity index is 2.06. The first-order valence-corrected chi connectivity index (χ1v) is 10.5. The fraction of sp³-hybridized carbons (Fsp3) is 0. The van der Waals surface area contributed by atoms with E-state index in [0.29, 0.717) is 0 Å². The second-order valence-corrected chi connectivity index (χ2v) is 7.17. The van der Waals surface area contributed by atoms with Crippen molar-refractivity contribution in [3.8, 4) is 11.5 Å².